The van der Waals surface area contributed by atoms with Crippen molar-refractivity contribution in [2.45, 2.75) is 39.2 Å². The van der Waals surface area contributed by atoms with Gasteiger partial charge in [-0.05, 0) is 33.6 Å². The van der Waals surface area contributed by atoms with E-state index in [4.69, 9.17) is 4.74 Å². The van der Waals surface area contributed by atoms with E-state index < -0.39 is 17.1 Å². The monoisotopic (exact) mass is 293 g/mol. The first-order valence-corrected chi connectivity index (χ1v) is 6.92. The highest BCUT2D eigenvalue weighted by Crippen LogP contribution is 2.34. The number of rotatable bonds is 4. The van der Waals surface area contributed by atoms with Crippen LogP contribution in [0.5, 0.6) is 0 Å². The highest BCUT2D eigenvalue weighted by molar-refractivity contribution is 6.12. The van der Waals surface area contributed by atoms with Gasteiger partial charge in [0.1, 0.15) is 5.60 Å². The molecule has 0 aromatic rings. The summed E-state index contributed by atoms with van der Waals surface area (Å²) in [4.78, 5) is 38.0. The molecule has 0 bridgehead atoms. The Labute approximate surface area is 125 Å². The molecular weight excluding hydrogens is 270 g/mol. The number of ketones is 2. The number of ether oxygens (including phenoxy) is 1. The lowest BCUT2D eigenvalue weighted by Crippen LogP contribution is -2.56. The fourth-order valence-electron chi connectivity index (χ4n) is 2.35. The van der Waals surface area contributed by atoms with Crippen LogP contribution in [0.3, 0.4) is 0 Å². The first kappa shape index (κ1) is 17.1. The average Bonchev–Trinajstić information content (AvgIpc) is 2.33. The van der Waals surface area contributed by atoms with E-state index in [9.17, 15) is 14.4 Å². The lowest BCUT2D eigenvalue weighted by molar-refractivity contribution is -0.146. The van der Waals surface area contributed by atoms with Crippen molar-refractivity contribution in [1.29, 1.82) is 0 Å². The summed E-state index contributed by atoms with van der Waals surface area (Å²) in [7, 11) is 0. The lowest BCUT2D eigenvalue weighted by Gasteiger charge is -2.38. The van der Waals surface area contributed by atoms with Crippen LogP contribution in [0.1, 0.15) is 33.6 Å². The standard InChI is InChI=1S/C16H23NO4/c1-6-8-16(9-7-2)12(18)10-17(11-13(16)19)14(20)21-15(3,4)5/h6-7H,1-2,8-11H2,3-5H3. The van der Waals surface area contributed by atoms with E-state index in [1.54, 1.807) is 32.9 Å². The van der Waals surface area contributed by atoms with Crippen molar-refractivity contribution in [2.24, 2.45) is 5.41 Å². The van der Waals surface area contributed by atoms with Crippen LogP contribution in [0.4, 0.5) is 4.79 Å². The molecule has 1 amide bonds. The zero-order chi connectivity index (χ0) is 16.3. The van der Waals surface area contributed by atoms with E-state index in [0.717, 1.165) is 4.90 Å². The summed E-state index contributed by atoms with van der Waals surface area (Å²) in [6.07, 6.45) is 3.00. The summed E-state index contributed by atoms with van der Waals surface area (Å²) < 4.78 is 5.20. The van der Waals surface area contributed by atoms with Gasteiger partial charge < -0.3 is 4.74 Å². The van der Waals surface area contributed by atoms with Crippen LogP contribution in [0.15, 0.2) is 25.3 Å². The Hall–Kier alpha value is -1.91. The van der Waals surface area contributed by atoms with Gasteiger partial charge in [-0.2, -0.15) is 0 Å². The van der Waals surface area contributed by atoms with Gasteiger partial charge >= 0.3 is 6.09 Å². The minimum Gasteiger partial charge on any atom is -0.444 e. The normalized spacial score (nSPS) is 18.3. The molecule has 116 valence electrons. The Kier molecular flexibility index (Phi) is 5.10. The maximum Gasteiger partial charge on any atom is 0.411 e. The number of likely N-dealkylation sites (tertiary alicyclic amines) is 1. The van der Waals surface area contributed by atoms with E-state index in [2.05, 4.69) is 13.2 Å². The molecule has 0 unspecified atom stereocenters. The third-order valence-corrected chi connectivity index (χ3v) is 3.37. The molecule has 0 radical (unpaired) electrons. The Morgan fingerprint density at radius 1 is 1.19 bits per heavy atom. The zero-order valence-corrected chi connectivity index (χ0v) is 13.0. The molecule has 0 saturated carbocycles. The van der Waals surface area contributed by atoms with Gasteiger partial charge in [0.05, 0.1) is 18.5 Å². The van der Waals surface area contributed by atoms with Gasteiger partial charge in [-0.1, -0.05) is 12.2 Å². The van der Waals surface area contributed by atoms with Crippen molar-refractivity contribution in [3.63, 3.8) is 0 Å². The van der Waals surface area contributed by atoms with Crippen LogP contribution in [0.25, 0.3) is 0 Å². The highest BCUT2D eigenvalue weighted by atomic mass is 16.6. The van der Waals surface area contributed by atoms with Crippen LogP contribution in [0.2, 0.25) is 0 Å². The van der Waals surface area contributed by atoms with Crippen molar-refractivity contribution in [2.75, 3.05) is 13.1 Å². The molecule has 0 spiro atoms. The predicted molar refractivity (Wildman–Crippen MR) is 79.9 cm³/mol. The van der Waals surface area contributed by atoms with Crippen molar-refractivity contribution in [3.05, 3.63) is 25.3 Å². The molecule has 1 fully saturated rings. The lowest BCUT2D eigenvalue weighted by atomic mass is 9.71. The minimum atomic E-state index is -1.12. The molecule has 0 N–H and O–H groups in total. The maximum atomic E-state index is 12.4. The number of piperidine rings is 1. The maximum absolute atomic E-state index is 12.4. The summed E-state index contributed by atoms with van der Waals surface area (Å²) in [6.45, 7) is 12.2. The number of carbonyl (C=O) groups is 3. The number of hydrogen-bond acceptors (Lipinski definition) is 4. The van der Waals surface area contributed by atoms with Crippen molar-refractivity contribution in [3.8, 4) is 0 Å². The second-order valence-corrected chi connectivity index (χ2v) is 6.25. The molecule has 1 saturated heterocycles. The molecule has 21 heavy (non-hydrogen) atoms. The average molecular weight is 293 g/mol. The Balaban J connectivity index is 2.93. The van der Waals surface area contributed by atoms with Crippen LogP contribution >= 0.6 is 0 Å². The summed E-state index contributed by atoms with van der Waals surface area (Å²) >= 11 is 0. The topological polar surface area (TPSA) is 63.7 Å². The molecule has 0 aliphatic carbocycles. The van der Waals surface area contributed by atoms with Crippen molar-refractivity contribution < 1.29 is 19.1 Å². The summed E-state index contributed by atoms with van der Waals surface area (Å²) in [5.41, 5.74) is -1.79. The smallest absolute Gasteiger partial charge is 0.411 e. The highest BCUT2D eigenvalue weighted by Gasteiger charge is 2.48. The molecule has 1 rings (SSSR count). The van der Waals surface area contributed by atoms with Crippen LogP contribution in [0, 0.1) is 5.41 Å². The first-order chi connectivity index (χ1) is 9.66. The van der Waals surface area contributed by atoms with E-state index in [-0.39, 0.29) is 37.5 Å². The van der Waals surface area contributed by atoms with Crippen LogP contribution < -0.4 is 0 Å². The summed E-state index contributed by atoms with van der Waals surface area (Å²) in [6, 6.07) is 0. The van der Waals surface area contributed by atoms with Gasteiger partial charge in [0, 0.05) is 0 Å². The van der Waals surface area contributed by atoms with E-state index in [0.29, 0.717) is 0 Å². The molecule has 5 nitrogen and oxygen atoms in total. The Bertz CT molecular complexity index is 443. The van der Waals surface area contributed by atoms with Gasteiger partial charge in [0.25, 0.3) is 0 Å². The SMILES string of the molecule is C=CCC1(CC=C)C(=O)CN(C(=O)OC(C)(C)C)CC1=O. The number of hydrogen-bond donors (Lipinski definition) is 0. The largest absolute Gasteiger partial charge is 0.444 e. The molecule has 1 aliphatic rings. The number of amides is 1. The van der Waals surface area contributed by atoms with Gasteiger partial charge in [-0.25, -0.2) is 4.79 Å². The zero-order valence-electron chi connectivity index (χ0n) is 13.0. The molecule has 5 heteroatoms. The first-order valence-electron chi connectivity index (χ1n) is 6.92. The minimum absolute atomic E-state index is 0.123. The number of carbonyl (C=O) groups excluding carboxylic acids is 3. The van der Waals surface area contributed by atoms with E-state index in [1.807, 2.05) is 0 Å². The van der Waals surface area contributed by atoms with Crippen LogP contribution in [-0.2, 0) is 14.3 Å². The third kappa shape index (κ3) is 3.80. The Morgan fingerprint density at radius 2 is 1.62 bits per heavy atom. The number of nitrogens with zero attached hydrogens (tertiary/aromatic N) is 1. The second kappa shape index (κ2) is 6.24. The van der Waals surface area contributed by atoms with E-state index in [1.165, 1.54) is 0 Å². The van der Waals surface area contributed by atoms with Crippen molar-refractivity contribution in [1.82, 2.24) is 4.90 Å². The molecule has 0 atom stereocenters. The molecule has 1 aliphatic heterocycles. The Morgan fingerprint density at radius 3 is 1.95 bits per heavy atom. The summed E-state index contributed by atoms with van der Waals surface area (Å²) in [5, 5.41) is 0. The van der Waals surface area contributed by atoms with Gasteiger partial charge in [-0.15, -0.1) is 13.2 Å². The van der Waals surface area contributed by atoms with Gasteiger partial charge in [-0.3, -0.25) is 14.5 Å². The number of Topliss-reactive ketones (excluding diaryl/α,β-unsaturated/α-hetero) is 2. The second-order valence-electron chi connectivity index (χ2n) is 6.25. The van der Waals surface area contributed by atoms with Gasteiger partial charge in [0.2, 0.25) is 0 Å². The quantitative estimate of drug-likeness (QED) is 0.590. The van der Waals surface area contributed by atoms with Gasteiger partial charge in [0.15, 0.2) is 11.6 Å². The third-order valence-electron chi connectivity index (χ3n) is 3.37. The fraction of sp³-hybridized carbons (Fsp3) is 0.562. The number of allylic oxidation sites excluding steroid dienone is 2. The molecular formula is C16H23NO4. The molecule has 0 aromatic heterocycles. The van der Waals surface area contributed by atoms with Crippen molar-refractivity contribution >= 4 is 17.7 Å². The fourth-order valence-corrected chi connectivity index (χ4v) is 2.35. The van der Waals surface area contributed by atoms with Crippen LogP contribution in [-0.4, -0.2) is 41.3 Å². The summed E-state index contributed by atoms with van der Waals surface area (Å²) in [5.74, 6) is -0.575. The molecule has 1 heterocycles. The predicted octanol–water partition coefficient (Wildman–Crippen LogP) is 2.51. The van der Waals surface area contributed by atoms with E-state index >= 15 is 0 Å². The molecule has 0 aromatic carbocycles.